The standard InChI is InChI=1S/C35H31N3O/c1-35(2,26-8-5-4-6-9-26)17-16-22-12-13-23-20-31-30(19-25(23)18-22)37-33-28-15-14-24(21-36-3)27-10-7-11-29(32(27)28)34(39)38(31)33/h4-15,18-21,34,39H,16-17H2,1-3H3/b36-21+. The molecule has 6 aromatic rings. The molecule has 0 saturated heterocycles. The van der Waals surface area contributed by atoms with Crippen LogP contribution in [-0.4, -0.2) is 27.9 Å². The molecule has 39 heavy (non-hydrogen) atoms. The minimum absolute atomic E-state index is 0.109. The smallest absolute Gasteiger partial charge is 0.159 e. The predicted octanol–water partition coefficient (Wildman–Crippen LogP) is 7.82. The van der Waals surface area contributed by atoms with Gasteiger partial charge in [0.05, 0.1) is 11.0 Å². The van der Waals surface area contributed by atoms with Gasteiger partial charge in [0.1, 0.15) is 5.82 Å². The average Bonchev–Trinajstić information content (AvgIpc) is 3.33. The Labute approximate surface area is 228 Å². The van der Waals surface area contributed by atoms with Crippen LogP contribution in [0.2, 0.25) is 0 Å². The van der Waals surface area contributed by atoms with Crippen molar-refractivity contribution >= 4 is 38.8 Å². The number of nitrogens with zero attached hydrogens (tertiary/aromatic N) is 3. The molecule has 0 aliphatic carbocycles. The summed E-state index contributed by atoms with van der Waals surface area (Å²) >= 11 is 0. The zero-order valence-electron chi connectivity index (χ0n) is 22.5. The molecule has 0 fully saturated rings. The van der Waals surface area contributed by atoms with Gasteiger partial charge in [0.25, 0.3) is 0 Å². The number of aliphatic imine (C=N–C) groups is 1. The van der Waals surface area contributed by atoms with E-state index in [9.17, 15) is 5.11 Å². The summed E-state index contributed by atoms with van der Waals surface area (Å²) in [6, 6.07) is 32.2. The summed E-state index contributed by atoms with van der Waals surface area (Å²) in [5.74, 6) is 0.807. The van der Waals surface area contributed by atoms with E-state index in [1.807, 2.05) is 22.9 Å². The normalized spacial score (nSPS) is 15.0. The molecule has 1 unspecified atom stereocenters. The molecule has 1 aliphatic heterocycles. The van der Waals surface area contributed by atoms with Crippen LogP contribution in [0.3, 0.4) is 0 Å². The van der Waals surface area contributed by atoms with Crippen molar-refractivity contribution < 1.29 is 5.11 Å². The van der Waals surface area contributed by atoms with Crippen LogP contribution in [0.5, 0.6) is 0 Å². The molecule has 5 aromatic carbocycles. The molecule has 4 heteroatoms. The lowest BCUT2D eigenvalue weighted by atomic mass is 9.79. The van der Waals surface area contributed by atoms with Crippen LogP contribution in [0.1, 0.15) is 48.8 Å². The average molecular weight is 510 g/mol. The minimum Gasteiger partial charge on any atom is -0.369 e. The van der Waals surface area contributed by atoms with Gasteiger partial charge < -0.3 is 5.11 Å². The molecule has 0 radical (unpaired) electrons. The second-order valence-corrected chi connectivity index (χ2v) is 11.3. The Hall–Kier alpha value is -4.28. The second kappa shape index (κ2) is 8.89. The lowest BCUT2D eigenvalue weighted by Gasteiger charge is -2.25. The highest BCUT2D eigenvalue weighted by Gasteiger charge is 2.29. The molecule has 192 valence electrons. The Bertz CT molecular complexity index is 1910. The zero-order chi connectivity index (χ0) is 26.7. The van der Waals surface area contributed by atoms with Gasteiger partial charge in [-0.1, -0.05) is 86.6 Å². The van der Waals surface area contributed by atoms with E-state index in [2.05, 4.69) is 97.7 Å². The molecule has 0 saturated carbocycles. The first kappa shape index (κ1) is 23.8. The molecule has 1 N–H and O–H groups in total. The van der Waals surface area contributed by atoms with Crippen LogP contribution in [0.15, 0.2) is 96.0 Å². The Morgan fingerprint density at radius 1 is 0.923 bits per heavy atom. The van der Waals surface area contributed by atoms with Crippen LogP contribution < -0.4 is 0 Å². The summed E-state index contributed by atoms with van der Waals surface area (Å²) in [7, 11) is 1.78. The number of aryl methyl sites for hydroxylation is 1. The number of rotatable bonds is 5. The molecule has 1 aromatic heterocycles. The van der Waals surface area contributed by atoms with Crippen molar-refractivity contribution in [2.45, 2.75) is 38.3 Å². The number of aromatic nitrogens is 2. The number of aliphatic hydroxyl groups excluding tert-OH is 1. The quantitative estimate of drug-likeness (QED) is 0.241. The molecule has 1 aliphatic rings. The Morgan fingerprint density at radius 3 is 2.59 bits per heavy atom. The first-order valence-electron chi connectivity index (χ1n) is 13.6. The molecule has 0 spiro atoms. The van der Waals surface area contributed by atoms with E-state index in [0.717, 1.165) is 62.5 Å². The van der Waals surface area contributed by atoms with Crippen molar-refractivity contribution in [3.63, 3.8) is 0 Å². The van der Waals surface area contributed by atoms with Gasteiger partial charge in [-0.25, -0.2) is 4.98 Å². The van der Waals surface area contributed by atoms with E-state index in [0.29, 0.717) is 0 Å². The zero-order valence-corrected chi connectivity index (χ0v) is 22.5. The molecular formula is C35H31N3O. The number of fused-ring (bicyclic) bond motifs is 5. The largest absolute Gasteiger partial charge is 0.369 e. The Balaban J connectivity index is 1.30. The molecule has 1 atom stereocenters. The van der Waals surface area contributed by atoms with Crippen LogP contribution in [0, 0.1) is 0 Å². The molecule has 2 heterocycles. The summed E-state index contributed by atoms with van der Waals surface area (Å²) in [5, 5.41) is 16.1. The van der Waals surface area contributed by atoms with Crippen LogP contribution in [0.4, 0.5) is 0 Å². The third-order valence-electron chi connectivity index (χ3n) is 8.44. The topological polar surface area (TPSA) is 50.4 Å². The van der Waals surface area contributed by atoms with Crippen molar-refractivity contribution in [1.82, 2.24) is 9.55 Å². The number of hydrogen-bond donors (Lipinski definition) is 1. The highest BCUT2D eigenvalue weighted by Crippen LogP contribution is 2.43. The van der Waals surface area contributed by atoms with Gasteiger partial charge in [-0.2, -0.15) is 0 Å². The van der Waals surface area contributed by atoms with Crippen LogP contribution in [0.25, 0.3) is 44.0 Å². The fourth-order valence-corrected chi connectivity index (χ4v) is 6.22. The summed E-state index contributed by atoms with van der Waals surface area (Å²) in [4.78, 5) is 9.31. The van der Waals surface area contributed by atoms with Gasteiger partial charge >= 0.3 is 0 Å². The van der Waals surface area contributed by atoms with Gasteiger partial charge in [-0.05, 0) is 63.7 Å². The molecule has 0 amide bonds. The summed E-state index contributed by atoms with van der Waals surface area (Å²) < 4.78 is 1.98. The maximum atomic E-state index is 11.6. The van der Waals surface area contributed by atoms with Gasteiger partial charge in [-0.15, -0.1) is 0 Å². The monoisotopic (exact) mass is 509 g/mol. The summed E-state index contributed by atoms with van der Waals surface area (Å²) in [6.45, 7) is 4.65. The van der Waals surface area contributed by atoms with Gasteiger partial charge in [0.15, 0.2) is 6.23 Å². The lowest BCUT2D eigenvalue weighted by Crippen LogP contribution is -2.17. The van der Waals surface area contributed by atoms with E-state index in [-0.39, 0.29) is 5.41 Å². The van der Waals surface area contributed by atoms with Crippen molar-refractivity contribution in [1.29, 1.82) is 0 Å². The van der Waals surface area contributed by atoms with Crippen LogP contribution >= 0.6 is 0 Å². The Kier molecular flexibility index (Phi) is 5.43. The summed E-state index contributed by atoms with van der Waals surface area (Å²) in [6.07, 6.45) is 3.16. The van der Waals surface area contributed by atoms with E-state index in [4.69, 9.17) is 4.98 Å². The van der Waals surface area contributed by atoms with Crippen molar-refractivity contribution in [2.75, 3.05) is 7.05 Å². The molecule has 0 bridgehead atoms. The van der Waals surface area contributed by atoms with E-state index < -0.39 is 6.23 Å². The highest BCUT2D eigenvalue weighted by atomic mass is 16.3. The minimum atomic E-state index is -0.799. The maximum absolute atomic E-state index is 11.6. The van der Waals surface area contributed by atoms with Crippen LogP contribution in [-0.2, 0) is 11.8 Å². The van der Waals surface area contributed by atoms with E-state index in [1.165, 1.54) is 16.5 Å². The first-order chi connectivity index (χ1) is 18.9. The maximum Gasteiger partial charge on any atom is 0.159 e. The first-order valence-corrected chi connectivity index (χ1v) is 13.6. The number of aliphatic hydroxyl groups is 1. The van der Waals surface area contributed by atoms with Gasteiger partial charge in [0, 0.05) is 35.3 Å². The number of imidazole rings is 1. The second-order valence-electron chi connectivity index (χ2n) is 11.3. The molecule has 7 rings (SSSR count). The lowest BCUT2D eigenvalue weighted by molar-refractivity contribution is 0.152. The fraction of sp³-hybridized carbons (Fsp3) is 0.200. The molecule has 4 nitrogen and oxygen atoms in total. The SMILES string of the molecule is C/N=C/c1ccc2c3c(cccc13)C(O)n1c-2nc2cc3cc(CCC(C)(C)c4ccccc4)ccc3cc21. The van der Waals surface area contributed by atoms with Gasteiger partial charge in [0.2, 0.25) is 0 Å². The number of hydrogen-bond acceptors (Lipinski definition) is 3. The fourth-order valence-electron chi connectivity index (χ4n) is 6.22. The molecular weight excluding hydrogens is 478 g/mol. The van der Waals surface area contributed by atoms with Gasteiger partial charge in [-0.3, -0.25) is 9.56 Å². The number of benzene rings is 5. The van der Waals surface area contributed by atoms with E-state index >= 15 is 0 Å². The predicted molar refractivity (Wildman–Crippen MR) is 162 cm³/mol. The van der Waals surface area contributed by atoms with Crippen molar-refractivity contribution in [3.05, 3.63) is 113 Å². The van der Waals surface area contributed by atoms with Crippen molar-refractivity contribution in [3.8, 4) is 11.4 Å². The third kappa shape index (κ3) is 3.78. The van der Waals surface area contributed by atoms with Crippen molar-refractivity contribution in [2.24, 2.45) is 4.99 Å². The van der Waals surface area contributed by atoms with E-state index in [1.54, 1.807) is 7.05 Å². The third-order valence-corrected chi connectivity index (χ3v) is 8.44. The Morgan fingerprint density at radius 2 is 1.77 bits per heavy atom. The summed E-state index contributed by atoms with van der Waals surface area (Å²) in [5.41, 5.74) is 7.65. The highest BCUT2D eigenvalue weighted by molar-refractivity contribution is 6.09.